The lowest BCUT2D eigenvalue weighted by Crippen LogP contribution is -2.40. The number of nitrogens with zero attached hydrogens (tertiary/aromatic N) is 3. The quantitative estimate of drug-likeness (QED) is 0.653. The minimum Gasteiger partial charge on any atom is -0.448 e. The highest BCUT2D eigenvalue weighted by molar-refractivity contribution is 14.1. The van der Waals surface area contributed by atoms with Gasteiger partial charge in [0.15, 0.2) is 0 Å². The van der Waals surface area contributed by atoms with E-state index in [1.807, 2.05) is 20.8 Å². The molecule has 7 nitrogen and oxygen atoms in total. The fourth-order valence-electron chi connectivity index (χ4n) is 2.20. The van der Waals surface area contributed by atoms with Crippen LogP contribution in [0, 0.1) is 3.70 Å². The molecule has 0 unspecified atom stereocenters. The molecule has 1 aromatic rings. The molecule has 0 radical (unpaired) electrons. The van der Waals surface area contributed by atoms with E-state index in [1.54, 1.807) is 11.8 Å². The van der Waals surface area contributed by atoms with E-state index in [0.29, 0.717) is 29.8 Å². The molecule has 0 aliphatic carbocycles. The molecule has 2 rings (SSSR count). The first-order valence-corrected chi connectivity index (χ1v) is 8.22. The average molecular weight is 421 g/mol. The summed E-state index contributed by atoms with van der Waals surface area (Å²) in [5, 5.41) is 4.23. The van der Waals surface area contributed by atoms with Crippen LogP contribution in [-0.4, -0.2) is 45.6 Å². The van der Waals surface area contributed by atoms with Gasteiger partial charge in [0, 0.05) is 18.5 Å². The molecule has 1 aliphatic heterocycles. The maximum atomic E-state index is 12.2. The smallest absolute Gasteiger partial charge is 0.434 e. The summed E-state index contributed by atoms with van der Waals surface area (Å²) in [5.74, 6) is 0. The van der Waals surface area contributed by atoms with Gasteiger partial charge in [0.25, 0.3) is 0 Å². The van der Waals surface area contributed by atoms with Crippen molar-refractivity contribution in [2.24, 2.45) is 0 Å². The summed E-state index contributed by atoms with van der Waals surface area (Å²) in [4.78, 5) is 25.7. The fourth-order valence-corrected chi connectivity index (χ4v) is 2.90. The van der Waals surface area contributed by atoms with Crippen LogP contribution in [-0.2, 0) is 22.4 Å². The van der Waals surface area contributed by atoms with Crippen LogP contribution >= 0.6 is 22.6 Å². The van der Waals surface area contributed by atoms with Gasteiger partial charge in [-0.15, -0.1) is 0 Å². The summed E-state index contributed by atoms with van der Waals surface area (Å²) in [6.07, 6.45) is -0.283. The van der Waals surface area contributed by atoms with Gasteiger partial charge in [-0.3, -0.25) is 0 Å². The zero-order valence-corrected chi connectivity index (χ0v) is 15.3. The van der Waals surface area contributed by atoms with E-state index in [-0.39, 0.29) is 6.09 Å². The van der Waals surface area contributed by atoms with Crippen LogP contribution in [0.1, 0.15) is 39.0 Å². The average Bonchev–Trinajstić information content (AvgIpc) is 2.74. The number of aromatic nitrogens is 2. The fraction of sp³-hybridized carbons (Fsp3) is 0.643. The summed E-state index contributed by atoms with van der Waals surface area (Å²) in [7, 11) is 0. The minimum atomic E-state index is -0.528. The first-order valence-electron chi connectivity index (χ1n) is 7.14. The molecule has 0 N–H and O–H groups in total. The number of ether oxygens (including phenoxy) is 2. The Labute approximate surface area is 143 Å². The van der Waals surface area contributed by atoms with Crippen LogP contribution in [0.3, 0.4) is 0 Å². The molecule has 8 heteroatoms. The van der Waals surface area contributed by atoms with Gasteiger partial charge in [0.05, 0.1) is 18.8 Å². The molecular weight excluding hydrogens is 401 g/mol. The van der Waals surface area contributed by atoms with Crippen molar-refractivity contribution in [2.45, 2.75) is 46.3 Å². The van der Waals surface area contributed by atoms with E-state index < -0.39 is 11.7 Å². The third kappa shape index (κ3) is 3.71. The molecular formula is C14H20IN3O4. The molecule has 0 saturated carbocycles. The Morgan fingerprint density at radius 3 is 2.59 bits per heavy atom. The summed E-state index contributed by atoms with van der Waals surface area (Å²) in [5.41, 5.74) is 1.16. The predicted molar refractivity (Wildman–Crippen MR) is 87.7 cm³/mol. The minimum absolute atomic E-state index is 0.300. The van der Waals surface area contributed by atoms with Crippen molar-refractivity contribution in [2.75, 3.05) is 13.2 Å². The number of carbonyl (C=O) groups excluding carboxylic acids is 2. The molecule has 1 aliphatic rings. The topological polar surface area (TPSA) is 73.7 Å². The second-order valence-electron chi connectivity index (χ2n) is 5.98. The molecule has 1 amide bonds. The largest absolute Gasteiger partial charge is 0.448 e. The molecule has 0 fully saturated rings. The van der Waals surface area contributed by atoms with Crippen molar-refractivity contribution >= 4 is 34.8 Å². The number of carbonyl (C=O) groups is 2. The second kappa shape index (κ2) is 6.43. The van der Waals surface area contributed by atoms with E-state index in [0.717, 1.165) is 11.3 Å². The van der Waals surface area contributed by atoms with Gasteiger partial charge in [-0.2, -0.15) is 9.78 Å². The van der Waals surface area contributed by atoms with Crippen molar-refractivity contribution in [1.82, 2.24) is 14.7 Å². The van der Waals surface area contributed by atoms with Crippen LogP contribution in [0.25, 0.3) is 0 Å². The van der Waals surface area contributed by atoms with Crippen molar-refractivity contribution < 1.29 is 19.1 Å². The Morgan fingerprint density at radius 2 is 2.00 bits per heavy atom. The maximum absolute atomic E-state index is 12.2. The zero-order chi connectivity index (χ0) is 16.5. The number of fused-ring (bicyclic) bond motifs is 1. The summed E-state index contributed by atoms with van der Waals surface area (Å²) in [6, 6.07) is 0. The van der Waals surface area contributed by atoms with Gasteiger partial charge in [0.2, 0.25) is 0 Å². The molecule has 0 aromatic carbocycles. The van der Waals surface area contributed by atoms with E-state index in [4.69, 9.17) is 9.47 Å². The first-order chi connectivity index (χ1) is 10.2. The Bertz CT molecular complexity index is 592. The highest BCUT2D eigenvalue weighted by Gasteiger charge is 2.31. The number of amides is 1. The molecule has 0 spiro atoms. The van der Waals surface area contributed by atoms with Crippen molar-refractivity contribution in [1.29, 1.82) is 0 Å². The maximum Gasteiger partial charge on any atom is 0.434 e. The highest BCUT2D eigenvalue weighted by atomic mass is 127. The van der Waals surface area contributed by atoms with Crippen molar-refractivity contribution in [3.63, 3.8) is 0 Å². The number of halogens is 1. The molecule has 1 aromatic heterocycles. The van der Waals surface area contributed by atoms with Crippen LogP contribution < -0.4 is 0 Å². The Kier molecular flexibility index (Phi) is 4.98. The van der Waals surface area contributed by atoms with Crippen LogP contribution in [0.4, 0.5) is 9.59 Å². The molecule has 2 heterocycles. The highest BCUT2D eigenvalue weighted by Crippen LogP contribution is 2.25. The van der Waals surface area contributed by atoms with E-state index in [2.05, 4.69) is 27.7 Å². The van der Waals surface area contributed by atoms with Gasteiger partial charge in [-0.25, -0.2) is 9.59 Å². The Morgan fingerprint density at radius 1 is 1.32 bits per heavy atom. The second-order valence-corrected chi connectivity index (χ2v) is 7.00. The first kappa shape index (κ1) is 17.0. The summed E-state index contributed by atoms with van der Waals surface area (Å²) >= 11 is 2.07. The van der Waals surface area contributed by atoms with Gasteiger partial charge in [0.1, 0.15) is 9.30 Å². The Hall–Kier alpha value is -1.32. The Balaban J connectivity index is 2.18. The van der Waals surface area contributed by atoms with Gasteiger partial charge >= 0.3 is 12.2 Å². The monoisotopic (exact) mass is 421 g/mol. The SMILES string of the molecule is CCOC(=O)n1nc(I)c2c1CCN(C(=O)OC(C)(C)C)C2. The molecule has 0 saturated heterocycles. The lowest BCUT2D eigenvalue weighted by Gasteiger charge is -2.30. The zero-order valence-electron chi connectivity index (χ0n) is 13.2. The number of hydrogen-bond donors (Lipinski definition) is 0. The third-order valence-electron chi connectivity index (χ3n) is 3.10. The molecule has 0 bridgehead atoms. The lowest BCUT2D eigenvalue weighted by atomic mass is 10.1. The molecule has 122 valence electrons. The van der Waals surface area contributed by atoms with Crippen molar-refractivity contribution in [3.8, 4) is 0 Å². The van der Waals surface area contributed by atoms with E-state index in [9.17, 15) is 9.59 Å². The van der Waals surface area contributed by atoms with Gasteiger partial charge < -0.3 is 14.4 Å². The lowest BCUT2D eigenvalue weighted by molar-refractivity contribution is 0.0222. The van der Waals surface area contributed by atoms with Crippen LogP contribution in [0.5, 0.6) is 0 Å². The van der Waals surface area contributed by atoms with Crippen molar-refractivity contribution in [3.05, 3.63) is 15.0 Å². The predicted octanol–water partition coefficient (Wildman–Crippen LogP) is 2.79. The number of hydrogen-bond acceptors (Lipinski definition) is 5. The van der Waals surface area contributed by atoms with E-state index >= 15 is 0 Å². The standard InChI is InChI=1S/C14H20IN3O4/c1-5-21-13(20)18-10-6-7-17(8-9(10)11(15)16-18)12(19)22-14(2,3)4/h5-8H2,1-4H3. The van der Waals surface area contributed by atoms with E-state index in [1.165, 1.54) is 4.68 Å². The normalized spacial score (nSPS) is 14.5. The van der Waals surface area contributed by atoms with Gasteiger partial charge in [-0.05, 0) is 50.3 Å². The number of rotatable bonds is 1. The molecule has 0 atom stereocenters. The van der Waals surface area contributed by atoms with Gasteiger partial charge in [-0.1, -0.05) is 0 Å². The summed E-state index contributed by atoms with van der Waals surface area (Å²) in [6.45, 7) is 8.44. The summed E-state index contributed by atoms with van der Waals surface area (Å²) < 4.78 is 12.4. The molecule has 22 heavy (non-hydrogen) atoms. The van der Waals surface area contributed by atoms with Crippen LogP contribution in [0.15, 0.2) is 0 Å². The third-order valence-corrected chi connectivity index (χ3v) is 3.97. The van der Waals surface area contributed by atoms with Crippen LogP contribution in [0.2, 0.25) is 0 Å².